The fourth-order valence-corrected chi connectivity index (χ4v) is 3.13. The van der Waals surface area contributed by atoms with Crippen molar-refractivity contribution in [3.63, 3.8) is 0 Å². The number of aldehydes is 1. The molecule has 1 aliphatic rings. The maximum atomic E-state index is 11.4. The van der Waals surface area contributed by atoms with E-state index in [2.05, 4.69) is 22.8 Å². The van der Waals surface area contributed by atoms with E-state index < -0.39 is 0 Å². The van der Waals surface area contributed by atoms with Gasteiger partial charge in [0.2, 0.25) is 0 Å². The highest BCUT2D eigenvalue weighted by Gasteiger charge is 2.10. The number of benzene rings is 3. The van der Waals surface area contributed by atoms with Crippen molar-refractivity contribution in [3.05, 3.63) is 89.6 Å². The van der Waals surface area contributed by atoms with Crippen LogP contribution < -0.4 is 10.6 Å². The standard InChI is InChI=1S/C15H15NO.C10H9NO3/c1-11(17)14-9-8-13(10-15(14)16-2)12-6-4-3-5-7-12;12-5-8-3-7(1-2-9(8)13)10-4-11-6-14-10/h3-10,16H,1-2H3;1-5,11,13H,6H2. The van der Waals surface area contributed by atoms with Gasteiger partial charge < -0.3 is 20.5 Å². The molecule has 3 aromatic carbocycles. The van der Waals surface area contributed by atoms with E-state index in [4.69, 9.17) is 4.74 Å². The van der Waals surface area contributed by atoms with Crippen LogP contribution in [0.1, 0.15) is 33.2 Å². The summed E-state index contributed by atoms with van der Waals surface area (Å²) in [5.41, 5.74) is 4.90. The normalized spacial score (nSPS) is 11.9. The molecule has 0 spiro atoms. The van der Waals surface area contributed by atoms with Crippen molar-refractivity contribution in [1.29, 1.82) is 0 Å². The topological polar surface area (TPSA) is 87.7 Å². The third-order valence-corrected chi connectivity index (χ3v) is 4.76. The van der Waals surface area contributed by atoms with Crippen LogP contribution in [-0.4, -0.2) is 31.0 Å². The van der Waals surface area contributed by atoms with Gasteiger partial charge in [0.1, 0.15) is 11.5 Å². The van der Waals surface area contributed by atoms with Crippen molar-refractivity contribution < 1.29 is 19.4 Å². The molecule has 0 saturated heterocycles. The number of phenols is 1. The molecule has 6 nitrogen and oxygen atoms in total. The lowest BCUT2D eigenvalue weighted by atomic mass is 10.0. The number of ketones is 1. The van der Waals surface area contributed by atoms with Crippen molar-refractivity contribution in [2.75, 3.05) is 19.1 Å². The van der Waals surface area contributed by atoms with Gasteiger partial charge in [0.05, 0.1) is 5.56 Å². The second-order valence-electron chi connectivity index (χ2n) is 6.83. The van der Waals surface area contributed by atoms with E-state index in [1.807, 2.05) is 43.4 Å². The summed E-state index contributed by atoms with van der Waals surface area (Å²) in [5, 5.41) is 15.2. The van der Waals surface area contributed by atoms with Gasteiger partial charge in [0.25, 0.3) is 0 Å². The van der Waals surface area contributed by atoms with Crippen LogP contribution in [0.25, 0.3) is 16.9 Å². The van der Waals surface area contributed by atoms with Gasteiger partial charge in [-0.05, 0) is 48.4 Å². The second-order valence-corrected chi connectivity index (χ2v) is 6.83. The molecule has 3 N–H and O–H groups in total. The summed E-state index contributed by atoms with van der Waals surface area (Å²) in [6.07, 6.45) is 2.34. The first kappa shape index (κ1) is 21.6. The van der Waals surface area contributed by atoms with Crippen LogP contribution in [0.3, 0.4) is 0 Å². The molecule has 0 aromatic heterocycles. The van der Waals surface area contributed by atoms with Crippen molar-refractivity contribution in [1.82, 2.24) is 5.32 Å². The third-order valence-electron chi connectivity index (χ3n) is 4.76. The SMILES string of the molecule is CNc1cc(-c2ccccc2)ccc1C(C)=O.O=Cc1cc(C2=CNCO2)ccc1O. The third kappa shape index (κ3) is 5.30. The molecule has 0 aliphatic carbocycles. The summed E-state index contributed by atoms with van der Waals surface area (Å²) in [5.74, 6) is 0.734. The molecule has 0 radical (unpaired) electrons. The highest BCUT2D eigenvalue weighted by atomic mass is 16.5. The molecule has 3 aromatic rings. The Balaban J connectivity index is 0.000000179. The minimum atomic E-state index is -0.0182. The van der Waals surface area contributed by atoms with Gasteiger partial charge in [-0.25, -0.2) is 0 Å². The monoisotopic (exact) mass is 416 g/mol. The Morgan fingerprint density at radius 1 is 1.03 bits per heavy atom. The Kier molecular flexibility index (Phi) is 7.06. The molecule has 4 rings (SSSR count). The largest absolute Gasteiger partial charge is 0.507 e. The quantitative estimate of drug-likeness (QED) is 0.414. The number of hydrogen-bond acceptors (Lipinski definition) is 6. The number of nitrogens with one attached hydrogen (secondary N) is 2. The van der Waals surface area contributed by atoms with E-state index in [0.717, 1.165) is 27.9 Å². The first-order chi connectivity index (χ1) is 15.0. The van der Waals surface area contributed by atoms with E-state index in [1.54, 1.807) is 25.3 Å². The fraction of sp³-hybridized carbons (Fsp3) is 0.120. The van der Waals surface area contributed by atoms with E-state index in [9.17, 15) is 14.7 Å². The van der Waals surface area contributed by atoms with Crippen LogP contribution in [0.2, 0.25) is 0 Å². The highest BCUT2D eigenvalue weighted by Crippen LogP contribution is 2.26. The van der Waals surface area contributed by atoms with Crippen LogP contribution in [0.15, 0.2) is 72.9 Å². The van der Waals surface area contributed by atoms with Gasteiger partial charge in [-0.2, -0.15) is 0 Å². The summed E-state index contributed by atoms with van der Waals surface area (Å²) in [7, 11) is 1.83. The Morgan fingerprint density at radius 3 is 2.39 bits per heavy atom. The molecule has 6 heteroatoms. The first-order valence-electron chi connectivity index (χ1n) is 9.76. The van der Waals surface area contributed by atoms with E-state index in [0.29, 0.717) is 18.8 Å². The number of ether oxygens (including phenoxy) is 1. The summed E-state index contributed by atoms with van der Waals surface area (Å²) in [6.45, 7) is 2.02. The number of carbonyl (C=O) groups is 2. The Labute approximate surface area is 181 Å². The van der Waals surface area contributed by atoms with Gasteiger partial charge in [0.15, 0.2) is 18.8 Å². The van der Waals surface area contributed by atoms with Gasteiger partial charge in [0, 0.05) is 30.1 Å². The predicted octanol–water partition coefficient (Wildman–Crippen LogP) is 4.68. The second kappa shape index (κ2) is 10.1. The summed E-state index contributed by atoms with van der Waals surface area (Å²) in [6, 6.07) is 20.7. The van der Waals surface area contributed by atoms with Crippen molar-refractivity contribution in [2.24, 2.45) is 0 Å². The number of phenolic OH excluding ortho intramolecular Hbond substituents is 1. The van der Waals surface area contributed by atoms with Crippen molar-refractivity contribution >= 4 is 23.5 Å². The lowest BCUT2D eigenvalue weighted by Gasteiger charge is -2.09. The summed E-state index contributed by atoms with van der Waals surface area (Å²) < 4.78 is 5.23. The molecule has 0 amide bonds. The first-order valence-corrected chi connectivity index (χ1v) is 9.76. The average molecular weight is 416 g/mol. The predicted molar refractivity (Wildman–Crippen MR) is 122 cm³/mol. The molecule has 0 saturated carbocycles. The maximum absolute atomic E-state index is 11.4. The lowest BCUT2D eigenvalue weighted by Crippen LogP contribution is -2.00. The molecule has 1 heterocycles. The zero-order valence-corrected chi connectivity index (χ0v) is 17.4. The van der Waals surface area contributed by atoms with Crippen LogP contribution >= 0.6 is 0 Å². The molecule has 0 bridgehead atoms. The Bertz CT molecular complexity index is 1110. The minimum absolute atomic E-state index is 0.0182. The maximum Gasteiger partial charge on any atom is 0.161 e. The van der Waals surface area contributed by atoms with Gasteiger partial charge in [-0.15, -0.1) is 0 Å². The zero-order chi connectivity index (χ0) is 22.2. The molecule has 31 heavy (non-hydrogen) atoms. The number of anilines is 1. The molecular weight excluding hydrogens is 392 g/mol. The lowest BCUT2D eigenvalue weighted by molar-refractivity contribution is 0.101. The van der Waals surface area contributed by atoms with E-state index in [1.165, 1.54) is 6.07 Å². The van der Waals surface area contributed by atoms with Crippen molar-refractivity contribution in [3.8, 4) is 16.9 Å². The molecule has 0 atom stereocenters. The Hall–Kier alpha value is -4.06. The number of Topliss-reactive ketones (excluding diaryl/α,β-unsaturated/α-hetero) is 1. The number of rotatable bonds is 5. The van der Waals surface area contributed by atoms with Gasteiger partial charge in [-0.1, -0.05) is 36.4 Å². The van der Waals surface area contributed by atoms with E-state index in [-0.39, 0.29) is 17.1 Å². The van der Waals surface area contributed by atoms with Gasteiger partial charge >= 0.3 is 0 Å². The smallest absolute Gasteiger partial charge is 0.161 e. The summed E-state index contributed by atoms with van der Waals surface area (Å²) in [4.78, 5) is 22.0. The molecule has 1 aliphatic heterocycles. The van der Waals surface area contributed by atoms with Crippen LogP contribution in [0, 0.1) is 0 Å². The molecule has 0 fully saturated rings. The van der Waals surface area contributed by atoms with Crippen LogP contribution in [0.5, 0.6) is 5.75 Å². The number of aromatic hydroxyl groups is 1. The molecule has 158 valence electrons. The van der Waals surface area contributed by atoms with Crippen LogP contribution in [-0.2, 0) is 4.74 Å². The molecular formula is C25H24N2O4. The van der Waals surface area contributed by atoms with E-state index >= 15 is 0 Å². The Morgan fingerprint density at radius 2 is 1.77 bits per heavy atom. The highest BCUT2D eigenvalue weighted by molar-refractivity contribution is 6.00. The zero-order valence-electron chi connectivity index (χ0n) is 17.4. The minimum Gasteiger partial charge on any atom is -0.507 e. The van der Waals surface area contributed by atoms with Gasteiger partial charge in [-0.3, -0.25) is 9.59 Å². The van der Waals surface area contributed by atoms with Crippen molar-refractivity contribution in [2.45, 2.75) is 6.92 Å². The average Bonchev–Trinajstić information content (AvgIpc) is 3.35. The van der Waals surface area contributed by atoms with Crippen LogP contribution in [0.4, 0.5) is 5.69 Å². The fourth-order valence-electron chi connectivity index (χ4n) is 3.13. The molecule has 0 unspecified atom stereocenters. The summed E-state index contributed by atoms with van der Waals surface area (Å²) >= 11 is 0. The number of carbonyl (C=O) groups excluding carboxylic acids is 2. The number of hydrogen-bond donors (Lipinski definition) is 3.